The predicted octanol–water partition coefficient (Wildman–Crippen LogP) is 2.83. The van der Waals surface area contributed by atoms with Gasteiger partial charge in [0.15, 0.2) is 0 Å². The fourth-order valence-electron chi connectivity index (χ4n) is 3.85. The monoisotopic (exact) mass is 401 g/mol. The van der Waals surface area contributed by atoms with Crippen molar-refractivity contribution < 1.29 is 13.3 Å². The molecule has 0 saturated carbocycles. The van der Waals surface area contributed by atoms with Crippen molar-refractivity contribution in [3.05, 3.63) is 60.7 Å². The third-order valence-electron chi connectivity index (χ3n) is 5.13. The maximum atomic E-state index is 6.44. The Balaban J connectivity index is 1.56. The van der Waals surface area contributed by atoms with Crippen molar-refractivity contribution in [1.82, 2.24) is 4.90 Å². The molecule has 3 aliphatic rings. The van der Waals surface area contributed by atoms with E-state index in [4.69, 9.17) is 13.3 Å². The fraction of sp³-hybridized carbons (Fsp3) is 0.429. The van der Waals surface area contributed by atoms with Crippen LogP contribution in [0, 0.1) is 0 Å². The minimum atomic E-state index is -2.63. The molecule has 3 heterocycles. The van der Waals surface area contributed by atoms with Crippen LogP contribution in [0.2, 0.25) is 6.04 Å². The lowest BCUT2D eigenvalue weighted by Gasteiger charge is -2.41. The Morgan fingerprint density at radius 2 is 1.48 bits per heavy atom. The molecule has 6 heteroatoms. The average molecular weight is 402 g/mol. The number of rotatable bonds is 5. The van der Waals surface area contributed by atoms with E-state index in [0.717, 1.165) is 31.8 Å². The summed E-state index contributed by atoms with van der Waals surface area (Å²) in [4.78, 5) is 2.38. The first-order chi connectivity index (χ1) is 13.2. The Bertz CT molecular complexity index is 668. The molecule has 2 aromatic rings. The van der Waals surface area contributed by atoms with E-state index in [1.165, 1.54) is 10.6 Å². The van der Waals surface area contributed by atoms with Crippen molar-refractivity contribution in [1.29, 1.82) is 0 Å². The first-order valence-corrected chi connectivity index (χ1v) is 13.3. The molecular formula is C21H28NO3PSi. The molecular weight excluding hydrogens is 373 g/mol. The molecule has 3 aliphatic heterocycles. The normalized spacial score (nSPS) is 28.5. The topological polar surface area (TPSA) is 30.9 Å². The smallest absolute Gasteiger partial charge is 0.372 e. The molecule has 4 nitrogen and oxygen atoms in total. The van der Waals surface area contributed by atoms with Crippen LogP contribution in [0.25, 0.3) is 0 Å². The number of fused-ring (bicyclic) bond motifs is 6. The standard InChI is InChI=1S/C21H28NO3PSi/c1-19-18-22-12-14-23-27(25-19,24-15-13-22)17-16-26(20-8-4-2-5-9-20)21-10-6-3-7-11-21/h2-11,19H,12-18H2,1H3. The van der Waals surface area contributed by atoms with Gasteiger partial charge < -0.3 is 13.3 Å². The fourth-order valence-corrected chi connectivity index (χ4v) is 9.83. The zero-order valence-corrected chi connectivity index (χ0v) is 17.8. The number of nitrogens with zero attached hydrogens (tertiary/aromatic N) is 1. The van der Waals surface area contributed by atoms with Gasteiger partial charge in [-0.2, -0.15) is 0 Å². The van der Waals surface area contributed by atoms with Gasteiger partial charge in [-0.3, -0.25) is 4.90 Å². The summed E-state index contributed by atoms with van der Waals surface area (Å²) in [6.07, 6.45) is 1.20. The number of hydrogen-bond acceptors (Lipinski definition) is 4. The highest BCUT2D eigenvalue weighted by Gasteiger charge is 2.46. The van der Waals surface area contributed by atoms with Crippen LogP contribution in [-0.2, 0) is 13.3 Å². The predicted molar refractivity (Wildman–Crippen MR) is 113 cm³/mol. The Morgan fingerprint density at radius 3 is 2.04 bits per heavy atom. The summed E-state index contributed by atoms with van der Waals surface area (Å²) in [5.74, 6) is 0. The van der Waals surface area contributed by atoms with Gasteiger partial charge in [-0.15, -0.1) is 0 Å². The summed E-state index contributed by atoms with van der Waals surface area (Å²) >= 11 is 0. The van der Waals surface area contributed by atoms with Crippen molar-refractivity contribution in [3.63, 3.8) is 0 Å². The molecule has 3 fully saturated rings. The lowest BCUT2D eigenvalue weighted by Crippen LogP contribution is -2.57. The second-order valence-corrected chi connectivity index (χ2v) is 12.2. The third kappa shape index (κ3) is 4.86. The van der Waals surface area contributed by atoms with Crippen LogP contribution in [0.1, 0.15) is 6.92 Å². The maximum absolute atomic E-state index is 6.44. The van der Waals surface area contributed by atoms with E-state index in [1.54, 1.807) is 0 Å². The van der Waals surface area contributed by atoms with Gasteiger partial charge in [-0.05, 0) is 31.6 Å². The van der Waals surface area contributed by atoms with Crippen LogP contribution in [0.3, 0.4) is 0 Å². The van der Waals surface area contributed by atoms with Gasteiger partial charge in [0, 0.05) is 25.7 Å². The Labute approximate surface area is 164 Å². The lowest BCUT2D eigenvalue weighted by molar-refractivity contribution is -0.0346. The van der Waals surface area contributed by atoms with Gasteiger partial charge in [-0.25, -0.2) is 0 Å². The summed E-state index contributed by atoms with van der Waals surface area (Å²) in [5, 5.41) is 2.81. The minimum Gasteiger partial charge on any atom is -0.372 e. The first kappa shape index (κ1) is 19.3. The molecule has 2 aromatic carbocycles. The molecule has 0 aromatic heterocycles. The molecule has 1 atom stereocenters. The third-order valence-corrected chi connectivity index (χ3v) is 11.0. The summed E-state index contributed by atoms with van der Waals surface area (Å²) in [7, 11) is -3.08. The zero-order valence-electron chi connectivity index (χ0n) is 15.9. The Kier molecular flexibility index (Phi) is 6.38. The second-order valence-electron chi connectivity index (χ2n) is 7.18. The van der Waals surface area contributed by atoms with E-state index in [-0.39, 0.29) is 6.10 Å². The largest absolute Gasteiger partial charge is 0.501 e. The molecule has 0 N–H and O–H groups in total. The lowest BCUT2D eigenvalue weighted by atomic mass is 10.3. The van der Waals surface area contributed by atoms with Gasteiger partial charge >= 0.3 is 8.80 Å². The van der Waals surface area contributed by atoms with Gasteiger partial charge in [-0.1, -0.05) is 60.7 Å². The molecule has 144 valence electrons. The number of hydrogen-bond donors (Lipinski definition) is 0. The van der Waals surface area contributed by atoms with Crippen LogP contribution in [-0.4, -0.2) is 58.8 Å². The van der Waals surface area contributed by atoms with Crippen LogP contribution in [0.4, 0.5) is 0 Å². The van der Waals surface area contributed by atoms with Gasteiger partial charge in [0.05, 0.1) is 19.3 Å². The summed E-state index contributed by atoms with van der Waals surface area (Å²) < 4.78 is 19.0. The van der Waals surface area contributed by atoms with E-state index in [2.05, 4.69) is 72.5 Å². The van der Waals surface area contributed by atoms with E-state index in [1.807, 2.05) is 0 Å². The molecule has 2 bridgehead atoms. The molecule has 0 spiro atoms. The molecule has 27 heavy (non-hydrogen) atoms. The molecule has 5 rings (SSSR count). The van der Waals surface area contributed by atoms with E-state index in [0.29, 0.717) is 13.2 Å². The summed E-state index contributed by atoms with van der Waals surface area (Å²) in [6.45, 7) is 6.53. The molecule has 0 amide bonds. The molecule has 3 saturated heterocycles. The van der Waals surface area contributed by atoms with Crippen LogP contribution in [0.15, 0.2) is 60.7 Å². The summed E-state index contributed by atoms with van der Waals surface area (Å²) in [6, 6.07) is 22.6. The van der Waals surface area contributed by atoms with Crippen LogP contribution < -0.4 is 10.6 Å². The van der Waals surface area contributed by atoms with E-state index in [9.17, 15) is 0 Å². The molecule has 1 unspecified atom stereocenters. The average Bonchev–Trinajstić information content (AvgIpc) is 2.66. The quantitative estimate of drug-likeness (QED) is 0.570. The number of benzene rings is 2. The summed E-state index contributed by atoms with van der Waals surface area (Å²) in [5.41, 5.74) is 0. The highest BCUT2D eigenvalue weighted by molar-refractivity contribution is 7.73. The van der Waals surface area contributed by atoms with Crippen molar-refractivity contribution >= 4 is 27.3 Å². The highest BCUT2D eigenvalue weighted by atomic mass is 31.1. The maximum Gasteiger partial charge on any atom is 0.501 e. The van der Waals surface area contributed by atoms with Crippen LogP contribution in [0.5, 0.6) is 0 Å². The van der Waals surface area contributed by atoms with Gasteiger partial charge in [0.2, 0.25) is 0 Å². The van der Waals surface area contributed by atoms with E-state index < -0.39 is 16.7 Å². The minimum absolute atomic E-state index is 0.164. The second kappa shape index (κ2) is 8.95. The zero-order chi connectivity index (χ0) is 18.5. The van der Waals surface area contributed by atoms with E-state index >= 15 is 0 Å². The molecule has 0 radical (unpaired) electrons. The van der Waals surface area contributed by atoms with Gasteiger partial charge in [0.1, 0.15) is 0 Å². The van der Waals surface area contributed by atoms with Crippen molar-refractivity contribution in [3.8, 4) is 0 Å². The van der Waals surface area contributed by atoms with Crippen molar-refractivity contribution in [2.45, 2.75) is 19.1 Å². The van der Waals surface area contributed by atoms with Crippen molar-refractivity contribution in [2.24, 2.45) is 0 Å². The van der Waals surface area contributed by atoms with Crippen LogP contribution >= 0.6 is 7.92 Å². The van der Waals surface area contributed by atoms with Crippen molar-refractivity contribution in [2.75, 3.05) is 39.0 Å². The Hall–Kier alpha value is -1.07. The highest BCUT2D eigenvalue weighted by Crippen LogP contribution is 2.37. The van der Waals surface area contributed by atoms with Gasteiger partial charge in [0.25, 0.3) is 0 Å². The Morgan fingerprint density at radius 1 is 0.926 bits per heavy atom. The first-order valence-electron chi connectivity index (χ1n) is 9.80. The molecule has 0 aliphatic carbocycles. The SMILES string of the molecule is CC1CN2CCO[Si](CCP(c3ccccc3)c3ccccc3)(OCC2)O1.